The zero-order valence-electron chi connectivity index (χ0n) is 11.5. The highest BCUT2D eigenvalue weighted by atomic mass is 35.5. The summed E-state index contributed by atoms with van der Waals surface area (Å²) in [4.78, 5) is 15.3. The van der Waals surface area contributed by atoms with Crippen LogP contribution in [-0.2, 0) is 5.41 Å². The molecule has 0 bridgehead atoms. The van der Waals surface area contributed by atoms with Crippen molar-refractivity contribution in [2.45, 2.75) is 18.3 Å². The highest BCUT2D eigenvalue weighted by Crippen LogP contribution is 2.48. The van der Waals surface area contributed by atoms with Gasteiger partial charge in [-0.3, -0.25) is 9.78 Å². The predicted molar refractivity (Wildman–Crippen MR) is 83.6 cm³/mol. The van der Waals surface area contributed by atoms with E-state index in [-0.39, 0.29) is 5.41 Å². The molecule has 0 atom stereocenters. The first kappa shape index (κ1) is 13.9. The van der Waals surface area contributed by atoms with E-state index in [9.17, 15) is 4.79 Å². The number of benzene rings is 1. The summed E-state index contributed by atoms with van der Waals surface area (Å²) in [5.74, 6) is -0.470. The van der Waals surface area contributed by atoms with Gasteiger partial charge in [-0.15, -0.1) is 0 Å². The number of nitrogens with one attached hydrogen (secondary N) is 1. The summed E-state index contributed by atoms with van der Waals surface area (Å²) in [6, 6.07) is 9.74. The number of rotatable bonds is 5. The van der Waals surface area contributed by atoms with Crippen LogP contribution in [0.5, 0.6) is 0 Å². The van der Waals surface area contributed by atoms with Gasteiger partial charge in [-0.2, -0.15) is 0 Å². The topological polar surface area (TPSA) is 68.0 Å². The molecule has 1 aliphatic carbocycles. The molecule has 1 fully saturated rings. The molecule has 1 aromatic heterocycles. The van der Waals surface area contributed by atoms with Crippen LogP contribution in [0.15, 0.2) is 42.7 Å². The maximum absolute atomic E-state index is 11.4. The second-order valence-electron chi connectivity index (χ2n) is 5.43. The number of pyridine rings is 1. The summed E-state index contributed by atoms with van der Waals surface area (Å²) < 4.78 is 0. The van der Waals surface area contributed by atoms with Crippen LogP contribution >= 0.6 is 11.6 Å². The number of hydrogen-bond donors (Lipinski definition) is 2. The van der Waals surface area contributed by atoms with Crippen molar-refractivity contribution < 1.29 is 4.79 Å². The number of nitrogens with two attached hydrogens (primary N) is 1. The average molecular weight is 302 g/mol. The fraction of sp³-hybridized carbons (Fsp3) is 0.250. The molecule has 0 radical (unpaired) electrons. The molecule has 1 saturated carbocycles. The van der Waals surface area contributed by atoms with E-state index in [1.54, 1.807) is 12.3 Å². The zero-order chi connectivity index (χ0) is 14.9. The van der Waals surface area contributed by atoms with Crippen molar-refractivity contribution >= 4 is 23.2 Å². The summed E-state index contributed by atoms with van der Waals surface area (Å²) in [6.07, 6.45) is 5.39. The number of amides is 1. The van der Waals surface area contributed by atoms with Crippen LogP contribution in [0, 0.1) is 0 Å². The van der Waals surface area contributed by atoms with Crippen LogP contribution in [0.25, 0.3) is 0 Å². The Hall–Kier alpha value is -2.07. The fourth-order valence-electron chi connectivity index (χ4n) is 2.53. The van der Waals surface area contributed by atoms with Crippen LogP contribution in [0.1, 0.15) is 28.8 Å². The molecule has 1 amide bonds. The monoisotopic (exact) mass is 301 g/mol. The van der Waals surface area contributed by atoms with Crippen molar-refractivity contribution in [2.24, 2.45) is 5.73 Å². The lowest BCUT2D eigenvalue weighted by Gasteiger charge is -2.18. The van der Waals surface area contributed by atoms with E-state index < -0.39 is 5.91 Å². The van der Waals surface area contributed by atoms with E-state index in [0.717, 1.165) is 30.1 Å². The van der Waals surface area contributed by atoms with Gasteiger partial charge in [-0.25, -0.2) is 0 Å². The van der Waals surface area contributed by atoms with Crippen LogP contribution in [0.3, 0.4) is 0 Å². The largest absolute Gasteiger partial charge is 0.383 e. The maximum atomic E-state index is 11.4. The molecule has 5 heteroatoms. The Bertz CT molecular complexity index is 665. The molecular weight excluding hydrogens is 286 g/mol. The molecule has 3 N–H and O–H groups in total. The number of halogens is 1. The lowest BCUT2D eigenvalue weighted by atomic mass is 9.96. The van der Waals surface area contributed by atoms with Crippen molar-refractivity contribution in [3.05, 3.63) is 58.9 Å². The quantitative estimate of drug-likeness (QED) is 0.892. The molecule has 1 heterocycles. The SMILES string of the molecule is NC(=O)c1cnccc1NCC1(c2ccc(Cl)cc2)CC1. The van der Waals surface area contributed by atoms with Crippen LogP contribution < -0.4 is 11.1 Å². The third kappa shape index (κ3) is 2.85. The van der Waals surface area contributed by atoms with Gasteiger partial charge in [0, 0.05) is 29.4 Å². The van der Waals surface area contributed by atoms with Gasteiger partial charge in [0.2, 0.25) is 0 Å². The van der Waals surface area contributed by atoms with Crippen LogP contribution in [0.2, 0.25) is 5.02 Å². The number of hydrogen-bond acceptors (Lipinski definition) is 3. The van der Waals surface area contributed by atoms with Gasteiger partial charge >= 0.3 is 0 Å². The minimum absolute atomic E-state index is 0.128. The predicted octanol–water partition coefficient (Wildman–Crippen LogP) is 2.98. The smallest absolute Gasteiger partial charge is 0.252 e. The number of carbonyl (C=O) groups is 1. The van der Waals surface area contributed by atoms with Crippen molar-refractivity contribution in [2.75, 3.05) is 11.9 Å². The fourth-order valence-corrected chi connectivity index (χ4v) is 2.66. The van der Waals surface area contributed by atoms with E-state index in [1.165, 1.54) is 11.8 Å². The minimum Gasteiger partial charge on any atom is -0.383 e. The van der Waals surface area contributed by atoms with E-state index in [4.69, 9.17) is 17.3 Å². The Morgan fingerprint density at radius 1 is 1.29 bits per heavy atom. The Morgan fingerprint density at radius 2 is 2.00 bits per heavy atom. The molecule has 1 aliphatic rings. The average Bonchev–Trinajstić information content (AvgIpc) is 3.27. The molecule has 0 unspecified atom stereocenters. The number of nitrogens with zero attached hydrogens (tertiary/aromatic N) is 1. The van der Waals surface area contributed by atoms with Crippen molar-refractivity contribution in [3.8, 4) is 0 Å². The third-order valence-electron chi connectivity index (χ3n) is 4.01. The van der Waals surface area contributed by atoms with Crippen LogP contribution in [0.4, 0.5) is 5.69 Å². The lowest BCUT2D eigenvalue weighted by molar-refractivity contribution is 0.100. The van der Waals surface area contributed by atoms with Crippen LogP contribution in [-0.4, -0.2) is 17.4 Å². The second kappa shape index (κ2) is 5.37. The summed E-state index contributed by atoms with van der Waals surface area (Å²) in [5.41, 5.74) is 7.92. The third-order valence-corrected chi connectivity index (χ3v) is 4.27. The standard InChI is InChI=1S/C16H16ClN3O/c17-12-3-1-11(2-4-12)16(6-7-16)10-20-14-5-8-19-9-13(14)15(18)21/h1-5,8-9H,6-7,10H2,(H2,18,21)(H,19,20). The number of anilines is 1. The van der Waals surface area contributed by atoms with Gasteiger partial charge in [-0.1, -0.05) is 23.7 Å². The number of primary amides is 1. The highest BCUT2D eigenvalue weighted by Gasteiger charge is 2.44. The lowest BCUT2D eigenvalue weighted by Crippen LogP contribution is -2.22. The Labute approximate surface area is 128 Å². The van der Waals surface area contributed by atoms with Crippen molar-refractivity contribution in [3.63, 3.8) is 0 Å². The Balaban J connectivity index is 1.76. The first-order valence-corrected chi connectivity index (χ1v) is 7.22. The molecule has 3 rings (SSSR count). The van der Waals surface area contributed by atoms with E-state index >= 15 is 0 Å². The number of aromatic nitrogens is 1. The summed E-state index contributed by atoms with van der Waals surface area (Å²) >= 11 is 5.94. The maximum Gasteiger partial charge on any atom is 0.252 e. The first-order valence-electron chi connectivity index (χ1n) is 6.84. The molecular formula is C16H16ClN3O. The summed E-state index contributed by atoms with van der Waals surface area (Å²) in [6.45, 7) is 0.763. The van der Waals surface area contributed by atoms with Gasteiger partial charge in [0.15, 0.2) is 0 Å². The molecule has 108 valence electrons. The molecule has 1 aromatic carbocycles. The van der Waals surface area contributed by atoms with E-state index in [1.807, 2.05) is 12.1 Å². The molecule has 0 spiro atoms. The Morgan fingerprint density at radius 3 is 2.62 bits per heavy atom. The van der Waals surface area contributed by atoms with E-state index in [0.29, 0.717) is 5.56 Å². The normalized spacial score (nSPS) is 15.5. The molecule has 21 heavy (non-hydrogen) atoms. The van der Waals surface area contributed by atoms with Gasteiger partial charge < -0.3 is 11.1 Å². The van der Waals surface area contributed by atoms with Crippen molar-refractivity contribution in [1.29, 1.82) is 0 Å². The minimum atomic E-state index is -0.470. The first-order chi connectivity index (χ1) is 10.1. The molecule has 4 nitrogen and oxygen atoms in total. The zero-order valence-corrected chi connectivity index (χ0v) is 12.2. The van der Waals surface area contributed by atoms with Gasteiger partial charge in [0.25, 0.3) is 5.91 Å². The van der Waals surface area contributed by atoms with Crippen molar-refractivity contribution in [1.82, 2.24) is 4.98 Å². The molecule has 0 saturated heterocycles. The number of carbonyl (C=O) groups excluding carboxylic acids is 1. The molecule has 2 aromatic rings. The van der Waals surface area contributed by atoms with Gasteiger partial charge in [-0.05, 0) is 36.6 Å². The second-order valence-corrected chi connectivity index (χ2v) is 5.86. The van der Waals surface area contributed by atoms with E-state index in [2.05, 4.69) is 22.4 Å². The molecule has 0 aliphatic heterocycles. The van der Waals surface area contributed by atoms with Gasteiger partial charge in [0.05, 0.1) is 11.3 Å². The Kier molecular flexibility index (Phi) is 3.55. The van der Waals surface area contributed by atoms with Gasteiger partial charge in [0.1, 0.15) is 0 Å². The summed E-state index contributed by atoms with van der Waals surface area (Å²) in [5, 5.41) is 4.08. The summed E-state index contributed by atoms with van der Waals surface area (Å²) in [7, 11) is 0. The highest BCUT2D eigenvalue weighted by molar-refractivity contribution is 6.30.